The second kappa shape index (κ2) is 5.07. The summed E-state index contributed by atoms with van der Waals surface area (Å²) in [4.78, 5) is 37.5. The quantitative estimate of drug-likeness (QED) is 0.682. The van der Waals surface area contributed by atoms with Crippen LogP contribution in [0.1, 0.15) is 40.0 Å². The molecule has 0 aromatic rings. The van der Waals surface area contributed by atoms with Gasteiger partial charge < -0.3 is 9.47 Å². The van der Waals surface area contributed by atoms with Gasteiger partial charge in [-0.2, -0.15) is 0 Å². The van der Waals surface area contributed by atoms with Gasteiger partial charge >= 0.3 is 12.1 Å². The van der Waals surface area contributed by atoms with E-state index < -0.39 is 23.7 Å². The SMILES string of the molecule is COC(=O)[C@H]1C[C@H]2C(=O)CC[C@H]1N2C(=O)OC(C)(C)C. The molecule has 6 nitrogen and oxygen atoms in total. The highest BCUT2D eigenvalue weighted by Gasteiger charge is 2.53. The molecule has 0 N–H and O–H groups in total. The third-order valence-corrected chi connectivity index (χ3v) is 3.80. The molecule has 0 radical (unpaired) electrons. The van der Waals surface area contributed by atoms with Crippen LogP contribution in [0.15, 0.2) is 0 Å². The molecule has 0 aromatic heterocycles. The molecule has 2 aliphatic heterocycles. The van der Waals surface area contributed by atoms with E-state index in [-0.39, 0.29) is 17.8 Å². The molecule has 1 amide bonds. The fraction of sp³-hybridized carbons (Fsp3) is 0.786. The molecule has 112 valence electrons. The number of rotatable bonds is 1. The Balaban J connectivity index is 2.22. The predicted octanol–water partition coefficient (Wildman–Crippen LogP) is 1.52. The third-order valence-electron chi connectivity index (χ3n) is 3.80. The maximum absolute atomic E-state index is 12.3. The maximum atomic E-state index is 12.3. The van der Waals surface area contributed by atoms with Crippen LogP contribution in [-0.4, -0.2) is 47.5 Å². The Labute approximate surface area is 118 Å². The summed E-state index contributed by atoms with van der Waals surface area (Å²) in [7, 11) is 1.32. The predicted molar refractivity (Wildman–Crippen MR) is 70.0 cm³/mol. The summed E-state index contributed by atoms with van der Waals surface area (Å²) in [6.07, 6.45) is 0.721. The molecule has 2 aliphatic rings. The number of hydrogen-bond donors (Lipinski definition) is 0. The Hall–Kier alpha value is -1.59. The summed E-state index contributed by atoms with van der Waals surface area (Å²) >= 11 is 0. The van der Waals surface area contributed by atoms with Gasteiger partial charge in [0.2, 0.25) is 0 Å². The van der Waals surface area contributed by atoms with Gasteiger partial charge in [0.15, 0.2) is 5.78 Å². The van der Waals surface area contributed by atoms with Crippen molar-refractivity contribution < 1.29 is 23.9 Å². The number of piperidine rings is 1. The van der Waals surface area contributed by atoms with E-state index in [0.717, 1.165) is 0 Å². The number of amides is 1. The minimum absolute atomic E-state index is 0.00138. The number of ketones is 1. The molecule has 0 aromatic carbocycles. The van der Waals surface area contributed by atoms with Crippen LogP contribution in [0.3, 0.4) is 0 Å². The molecule has 0 spiro atoms. The highest BCUT2D eigenvalue weighted by Crippen LogP contribution is 2.39. The molecule has 0 aliphatic carbocycles. The minimum Gasteiger partial charge on any atom is -0.469 e. The van der Waals surface area contributed by atoms with E-state index in [4.69, 9.17) is 9.47 Å². The van der Waals surface area contributed by atoms with Crippen molar-refractivity contribution in [1.82, 2.24) is 4.90 Å². The van der Waals surface area contributed by atoms with Gasteiger partial charge in [0.05, 0.1) is 19.1 Å². The molecular weight excluding hydrogens is 262 g/mol. The average Bonchev–Trinajstić information content (AvgIpc) is 2.64. The molecule has 3 atom stereocenters. The van der Waals surface area contributed by atoms with E-state index in [0.29, 0.717) is 19.3 Å². The molecule has 20 heavy (non-hydrogen) atoms. The third kappa shape index (κ3) is 2.64. The van der Waals surface area contributed by atoms with Crippen LogP contribution >= 0.6 is 0 Å². The van der Waals surface area contributed by atoms with Gasteiger partial charge in [-0.1, -0.05) is 0 Å². The van der Waals surface area contributed by atoms with E-state index in [2.05, 4.69) is 0 Å². The van der Waals surface area contributed by atoms with Crippen LogP contribution in [0.2, 0.25) is 0 Å². The summed E-state index contributed by atoms with van der Waals surface area (Å²) in [5, 5.41) is 0. The number of Topliss-reactive ketones (excluding diaryl/α,β-unsaturated/α-hetero) is 1. The Kier molecular flexibility index (Phi) is 3.75. The molecule has 2 fully saturated rings. The highest BCUT2D eigenvalue weighted by atomic mass is 16.6. The molecule has 2 rings (SSSR count). The van der Waals surface area contributed by atoms with Crippen LogP contribution in [-0.2, 0) is 19.1 Å². The van der Waals surface area contributed by atoms with Gasteiger partial charge in [-0.15, -0.1) is 0 Å². The van der Waals surface area contributed by atoms with Crippen molar-refractivity contribution in [3.63, 3.8) is 0 Å². The monoisotopic (exact) mass is 283 g/mol. The largest absolute Gasteiger partial charge is 0.469 e. The first-order valence-corrected chi connectivity index (χ1v) is 6.86. The lowest BCUT2D eigenvalue weighted by atomic mass is 9.98. The summed E-state index contributed by atoms with van der Waals surface area (Å²) in [5.74, 6) is -0.789. The number of carbonyl (C=O) groups is 3. The van der Waals surface area contributed by atoms with Crippen molar-refractivity contribution in [3.05, 3.63) is 0 Å². The zero-order valence-corrected chi connectivity index (χ0v) is 12.3. The van der Waals surface area contributed by atoms with Crippen molar-refractivity contribution in [2.24, 2.45) is 5.92 Å². The standard InChI is InChI=1S/C14H21NO5/c1-14(2,3)20-13(18)15-9-5-6-11(16)10(15)7-8(9)12(17)19-4/h8-10H,5-7H2,1-4H3/t8-,9+,10-/m0/s1. The average molecular weight is 283 g/mol. The van der Waals surface area contributed by atoms with E-state index in [1.54, 1.807) is 20.8 Å². The Morgan fingerprint density at radius 3 is 2.50 bits per heavy atom. The Morgan fingerprint density at radius 1 is 1.30 bits per heavy atom. The number of carbonyl (C=O) groups excluding carboxylic acids is 3. The van der Waals surface area contributed by atoms with E-state index in [1.807, 2.05) is 0 Å². The van der Waals surface area contributed by atoms with Gasteiger partial charge in [0.25, 0.3) is 0 Å². The Morgan fingerprint density at radius 2 is 1.95 bits per heavy atom. The van der Waals surface area contributed by atoms with Crippen LogP contribution in [0.4, 0.5) is 4.79 Å². The molecule has 6 heteroatoms. The van der Waals surface area contributed by atoms with E-state index in [1.165, 1.54) is 12.0 Å². The van der Waals surface area contributed by atoms with Crippen LogP contribution < -0.4 is 0 Å². The van der Waals surface area contributed by atoms with Crippen molar-refractivity contribution in [2.45, 2.75) is 57.7 Å². The van der Waals surface area contributed by atoms with Crippen LogP contribution in [0, 0.1) is 5.92 Å². The second-order valence-electron chi connectivity index (χ2n) is 6.34. The topological polar surface area (TPSA) is 72.9 Å². The van der Waals surface area contributed by atoms with Crippen molar-refractivity contribution >= 4 is 17.8 Å². The maximum Gasteiger partial charge on any atom is 0.411 e. The number of ether oxygens (including phenoxy) is 2. The van der Waals surface area contributed by atoms with Crippen molar-refractivity contribution in [1.29, 1.82) is 0 Å². The molecule has 0 unspecified atom stereocenters. The number of esters is 1. The summed E-state index contributed by atoms with van der Waals surface area (Å²) < 4.78 is 10.1. The summed E-state index contributed by atoms with van der Waals surface area (Å²) in [6.45, 7) is 5.32. The molecule has 2 heterocycles. The fourth-order valence-electron chi connectivity index (χ4n) is 3.00. The van der Waals surface area contributed by atoms with Crippen molar-refractivity contribution in [2.75, 3.05) is 7.11 Å². The number of fused-ring (bicyclic) bond motifs is 2. The number of methoxy groups -OCH3 is 1. The van der Waals surface area contributed by atoms with Gasteiger partial charge in [0, 0.05) is 12.5 Å². The zero-order chi connectivity index (χ0) is 15.1. The minimum atomic E-state index is -0.627. The van der Waals surface area contributed by atoms with Gasteiger partial charge in [-0.3, -0.25) is 14.5 Å². The summed E-state index contributed by atoms with van der Waals surface area (Å²) in [5.41, 5.74) is -0.627. The van der Waals surface area contributed by atoms with Crippen molar-refractivity contribution in [3.8, 4) is 0 Å². The highest BCUT2D eigenvalue weighted by molar-refractivity contribution is 5.91. The lowest BCUT2D eigenvalue weighted by Gasteiger charge is -2.35. The van der Waals surface area contributed by atoms with Gasteiger partial charge in [-0.05, 0) is 33.6 Å². The lowest BCUT2D eigenvalue weighted by Crippen LogP contribution is -2.51. The number of nitrogens with zero attached hydrogens (tertiary/aromatic N) is 1. The Bertz CT molecular complexity index is 439. The van der Waals surface area contributed by atoms with Gasteiger partial charge in [0.1, 0.15) is 5.60 Å². The fourth-order valence-corrected chi connectivity index (χ4v) is 3.00. The molecular formula is C14H21NO5. The summed E-state index contributed by atoms with van der Waals surface area (Å²) in [6, 6.07) is -0.840. The molecule has 2 bridgehead atoms. The van der Waals surface area contributed by atoms with E-state index in [9.17, 15) is 14.4 Å². The first-order valence-electron chi connectivity index (χ1n) is 6.86. The molecule has 0 saturated carbocycles. The first kappa shape index (κ1) is 14.8. The number of hydrogen-bond acceptors (Lipinski definition) is 5. The van der Waals surface area contributed by atoms with E-state index >= 15 is 0 Å². The lowest BCUT2D eigenvalue weighted by molar-refractivity contribution is -0.146. The first-order chi connectivity index (χ1) is 9.24. The zero-order valence-electron chi connectivity index (χ0n) is 12.3. The van der Waals surface area contributed by atoms with Crippen LogP contribution in [0.5, 0.6) is 0 Å². The molecule has 2 saturated heterocycles. The van der Waals surface area contributed by atoms with Crippen LogP contribution in [0.25, 0.3) is 0 Å². The normalized spacial score (nSPS) is 29.3. The smallest absolute Gasteiger partial charge is 0.411 e. The second-order valence-corrected chi connectivity index (χ2v) is 6.34. The van der Waals surface area contributed by atoms with Gasteiger partial charge in [-0.25, -0.2) is 4.79 Å².